The third-order valence-corrected chi connectivity index (χ3v) is 4.37. The van der Waals surface area contributed by atoms with Gasteiger partial charge in [0.05, 0.1) is 12.7 Å². The first-order valence-electron chi connectivity index (χ1n) is 8.50. The van der Waals surface area contributed by atoms with Crippen molar-refractivity contribution in [1.82, 2.24) is 4.90 Å². The fourth-order valence-electron chi connectivity index (χ4n) is 3.00. The van der Waals surface area contributed by atoms with Crippen molar-refractivity contribution in [3.05, 3.63) is 29.3 Å². The molecular weight excluding hydrogens is 288 g/mol. The van der Waals surface area contributed by atoms with Gasteiger partial charge in [-0.3, -0.25) is 4.79 Å². The first-order chi connectivity index (χ1) is 11.1. The zero-order chi connectivity index (χ0) is 16.7. The van der Waals surface area contributed by atoms with Crippen molar-refractivity contribution in [1.29, 1.82) is 5.26 Å². The number of ether oxygens (including phenoxy) is 1. The fraction of sp³-hybridized carbons (Fsp3) is 0.579. The molecule has 1 fully saturated rings. The lowest BCUT2D eigenvalue weighted by atomic mass is 10.1. The van der Waals surface area contributed by atoms with Gasteiger partial charge in [-0.25, -0.2) is 0 Å². The summed E-state index contributed by atoms with van der Waals surface area (Å²) < 4.78 is 5.76. The van der Waals surface area contributed by atoms with E-state index in [4.69, 9.17) is 4.74 Å². The second-order valence-electron chi connectivity index (χ2n) is 6.33. The molecule has 1 unspecified atom stereocenters. The number of nitrogens with zero attached hydrogens (tertiary/aromatic N) is 2. The molecule has 1 atom stereocenters. The maximum atomic E-state index is 12.5. The molecule has 0 aromatic heterocycles. The van der Waals surface area contributed by atoms with Crippen molar-refractivity contribution in [3.63, 3.8) is 0 Å². The van der Waals surface area contributed by atoms with E-state index in [9.17, 15) is 10.1 Å². The molecule has 1 heterocycles. The quantitative estimate of drug-likeness (QED) is 0.834. The zero-order valence-corrected chi connectivity index (χ0v) is 14.2. The minimum atomic E-state index is -0.598. The highest BCUT2D eigenvalue weighted by Gasteiger charge is 2.24. The first kappa shape index (κ1) is 17.3. The molecular formula is C19H26N2O2. The minimum absolute atomic E-state index is 0.0290. The summed E-state index contributed by atoms with van der Waals surface area (Å²) in [7, 11) is 0. The van der Waals surface area contributed by atoms with Crippen LogP contribution in [0.5, 0.6) is 5.75 Å². The summed E-state index contributed by atoms with van der Waals surface area (Å²) >= 11 is 0. The SMILES string of the molecule is Cc1ccc(OCCC(C#N)C(=O)N2CCCCCC2)c(C)c1. The number of aryl methyl sites for hydroxylation is 2. The Labute approximate surface area is 139 Å². The van der Waals surface area contributed by atoms with Crippen LogP contribution < -0.4 is 4.74 Å². The molecule has 1 aromatic carbocycles. The van der Waals surface area contributed by atoms with Gasteiger partial charge < -0.3 is 9.64 Å². The Morgan fingerprint density at radius 3 is 2.57 bits per heavy atom. The van der Waals surface area contributed by atoms with E-state index >= 15 is 0 Å². The Hall–Kier alpha value is -2.02. The molecule has 1 aromatic rings. The Balaban J connectivity index is 1.86. The van der Waals surface area contributed by atoms with E-state index in [2.05, 4.69) is 12.1 Å². The van der Waals surface area contributed by atoms with Gasteiger partial charge in [-0.1, -0.05) is 30.5 Å². The van der Waals surface area contributed by atoms with Crippen LogP contribution in [0.15, 0.2) is 18.2 Å². The van der Waals surface area contributed by atoms with E-state index in [1.807, 2.05) is 30.9 Å². The lowest BCUT2D eigenvalue weighted by molar-refractivity contribution is -0.134. The van der Waals surface area contributed by atoms with Gasteiger partial charge in [0.2, 0.25) is 5.91 Å². The third kappa shape index (κ3) is 4.99. The number of carbonyl (C=O) groups excluding carboxylic acids is 1. The Morgan fingerprint density at radius 1 is 1.26 bits per heavy atom. The second kappa shape index (κ2) is 8.57. The lowest BCUT2D eigenvalue weighted by Gasteiger charge is -2.23. The first-order valence-corrected chi connectivity index (χ1v) is 8.50. The molecule has 4 heteroatoms. The van der Waals surface area contributed by atoms with E-state index < -0.39 is 5.92 Å². The summed E-state index contributed by atoms with van der Waals surface area (Å²) in [5, 5.41) is 9.33. The van der Waals surface area contributed by atoms with Gasteiger partial charge in [-0.2, -0.15) is 5.26 Å². The molecule has 0 saturated carbocycles. The average molecular weight is 314 g/mol. The van der Waals surface area contributed by atoms with Gasteiger partial charge in [-0.05, 0) is 38.3 Å². The van der Waals surface area contributed by atoms with Crippen LogP contribution in [0.25, 0.3) is 0 Å². The zero-order valence-electron chi connectivity index (χ0n) is 14.2. The maximum Gasteiger partial charge on any atom is 0.240 e. The number of carbonyl (C=O) groups is 1. The van der Waals surface area contributed by atoms with Crippen LogP contribution in [0.2, 0.25) is 0 Å². The van der Waals surface area contributed by atoms with Crippen LogP contribution in [0.4, 0.5) is 0 Å². The third-order valence-electron chi connectivity index (χ3n) is 4.37. The summed E-state index contributed by atoms with van der Waals surface area (Å²) in [5.74, 6) is 0.201. The largest absolute Gasteiger partial charge is 0.493 e. The highest BCUT2D eigenvalue weighted by Crippen LogP contribution is 2.20. The molecule has 0 bridgehead atoms. The standard InChI is InChI=1S/C19H26N2O2/c1-15-7-8-18(16(2)13-15)23-12-9-17(14-20)19(22)21-10-5-3-4-6-11-21/h7-8,13,17H,3-6,9-12H2,1-2H3. The van der Waals surface area contributed by atoms with Gasteiger partial charge in [0.15, 0.2) is 0 Å². The predicted molar refractivity (Wildman–Crippen MR) is 90.2 cm³/mol. The number of nitriles is 1. The molecule has 1 amide bonds. The smallest absolute Gasteiger partial charge is 0.240 e. The number of likely N-dealkylation sites (tertiary alicyclic amines) is 1. The Morgan fingerprint density at radius 2 is 1.96 bits per heavy atom. The summed E-state index contributed by atoms with van der Waals surface area (Å²) in [4.78, 5) is 14.3. The van der Waals surface area contributed by atoms with Crippen LogP contribution in [-0.4, -0.2) is 30.5 Å². The molecule has 1 aliphatic rings. The number of hydrogen-bond donors (Lipinski definition) is 0. The highest BCUT2D eigenvalue weighted by molar-refractivity contribution is 5.81. The van der Waals surface area contributed by atoms with E-state index in [0.717, 1.165) is 37.2 Å². The van der Waals surface area contributed by atoms with Gasteiger partial charge in [-0.15, -0.1) is 0 Å². The molecule has 1 aliphatic heterocycles. The molecule has 0 spiro atoms. The van der Waals surface area contributed by atoms with E-state index in [-0.39, 0.29) is 5.91 Å². The topological polar surface area (TPSA) is 53.3 Å². The molecule has 0 aliphatic carbocycles. The predicted octanol–water partition coefficient (Wildman–Crippen LogP) is 3.61. The van der Waals surface area contributed by atoms with Crippen LogP contribution in [-0.2, 0) is 4.79 Å². The average Bonchev–Trinajstić information content (AvgIpc) is 2.82. The Kier molecular flexibility index (Phi) is 6.46. The summed E-state index contributed by atoms with van der Waals surface area (Å²) in [5.41, 5.74) is 2.28. The maximum absolute atomic E-state index is 12.5. The molecule has 23 heavy (non-hydrogen) atoms. The van der Waals surface area contributed by atoms with Crippen molar-refractivity contribution in [2.75, 3.05) is 19.7 Å². The summed E-state index contributed by atoms with van der Waals surface area (Å²) in [6, 6.07) is 8.18. The monoisotopic (exact) mass is 314 g/mol. The van der Waals surface area contributed by atoms with Crippen molar-refractivity contribution >= 4 is 5.91 Å². The fourth-order valence-corrected chi connectivity index (χ4v) is 3.00. The normalized spacial score (nSPS) is 16.3. The number of rotatable bonds is 5. The Bertz CT molecular complexity index is 569. The van der Waals surface area contributed by atoms with Crippen LogP contribution in [0.1, 0.15) is 43.2 Å². The van der Waals surface area contributed by atoms with Gasteiger partial charge in [0.25, 0.3) is 0 Å². The molecule has 0 N–H and O–H groups in total. The molecule has 4 nitrogen and oxygen atoms in total. The van der Waals surface area contributed by atoms with E-state index in [1.165, 1.54) is 18.4 Å². The molecule has 0 radical (unpaired) electrons. The minimum Gasteiger partial charge on any atom is -0.493 e. The van der Waals surface area contributed by atoms with E-state index in [1.54, 1.807) is 0 Å². The summed E-state index contributed by atoms with van der Waals surface area (Å²) in [6.07, 6.45) is 4.89. The lowest BCUT2D eigenvalue weighted by Crippen LogP contribution is -2.37. The van der Waals surface area contributed by atoms with Gasteiger partial charge in [0.1, 0.15) is 11.7 Å². The number of hydrogen-bond acceptors (Lipinski definition) is 3. The van der Waals surface area contributed by atoms with Crippen LogP contribution in [0.3, 0.4) is 0 Å². The van der Waals surface area contributed by atoms with Crippen LogP contribution in [0, 0.1) is 31.1 Å². The highest BCUT2D eigenvalue weighted by atomic mass is 16.5. The molecule has 2 rings (SSSR count). The van der Waals surface area contributed by atoms with Crippen molar-refractivity contribution < 1.29 is 9.53 Å². The van der Waals surface area contributed by atoms with Crippen LogP contribution >= 0.6 is 0 Å². The second-order valence-corrected chi connectivity index (χ2v) is 6.33. The molecule has 1 saturated heterocycles. The van der Waals surface area contributed by atoms with Gasteiger partial charge >= 0.3 is 0 Å². The number of benzene rings is 1. The molecule has 124 valence electrons. The summed E-state index contributed by atoms with van der Waals surface area (Å²) in [6.45, 7) is 6.01. The van der Waals surface area contributed by atoms with Crippen molar-refractivity contribution in [3.8, 4) is 11.8 Å². The number of amides is 1. The van der Waals surface area contributed by atoms with Gasteiger partial charge in [0, 0.05) is 19.5 Å². The van der Waals surface area contributed by atoms with Crippen molar-refractivity contribution in [2.45, 2.75) is 46.0 Å². The van der Waals surface area contributed by atoms with E-state index in [0.29, 0.717) is 13.0 Å². The van der Waals surface area contributed by atoms with Crippen molar-refractivity contribution in [2.24, 2.45) is 5.92 Å².